The zero-order valence-electron chi connectivity index (χ0n) is 15.1. The molecule has 146 valence electrons. The Balaban J connectivity index is 1.56. The number of rotatable bonds is 4. The van der Waals surface area contributed by atoms with E-state index in [2.05, 4.69) is 10.2 Å². The monoisotopic (exact) mass is 389 g/mol. The average Bonchev–Trinajstić information content (AvgIpc) is 3.18. The summed E-state index contributed by atoms with van der Waals surface area (Å²) in [6.07, 6.45) is 3.36. The van der Waals surface area contributed by atoms with E-state index in [0.29, 0.717) is 13.1 Å². The minimum atomic E-state index is -1.14. The van der Waals surface area contributed by atoms with Gasteiger partial charge < -0.3 is 0 Å². The summed E-state index contributed by atoms with van der Waals surface area (Å²) in [7, 11) is 0. The van der Waals surface area contributed by atoms with Crippen LogP contribution in [0.1, 0.15) is 30.0 Å². The standard InChI is InChI=1S/C21H19F4N3/c22-15-5-1-3-13(9-15)16-10-26-27-21(16)14-4-2-8-28(11-14)12-17-18(23)6-7-19(24)20(17)25/h1,3,5-7,9-10,14H,2,4,8,11-12H2,(H,26,27). The van der Waals surface area contributed by atoms with Crippen molar-refractivity contribution < 1.29 is 17.6 Å². The van der Waals surface area contributed by atoms with Gasteiger partial charge in [0.2, 0.25) is 0 Å². The summed E-state index contributed by atoms with van der Waals surface area (Å²) in [6, 6.07) is 8.04. The minimum absolute atomic E-state index is 0.00460. The van der Waals surface area contributed by atoms with Crippen molar-refractivity contribution in [1.82, 2.24) is 15.1 Å². The maximum absolute atomic E-state index is 14.0. The molecule has 1 aliphatic heterocycles. The smallest absolute Gasteiger partial charge is 0.166 e. The van der Waals surface area contributed by atoms with Crippen LogP contribution in [0, 0.1) is 23.3 Å². The number of nitrogens with zero attached hydrogens (tertiary/aromatic N) is 2. The van der Waals surface area contributed by atoms with E-state index in [1.165, 1.54) is 12.1 Å². The first-order chi connectivity index (χ1) is 13.5. The SMILES string of the molecule is Fc1cccc(-c2cn[nH]c2C2CCCN(Cc3c(F)ccc(F)c3F)C2)c1. The van der Waals surface area contributed by atoms with Gasteiger partial charge in [-0.25, -0.2) is 17.6 Å². The number of likely N-dealkylation sites (tertiary alicyclic amines) is 1. The molecular weight excluding hydrogens is 370 g/mol. The van der Waals surface area contributed by atoms with Crippen LogP contribution < -0.4 is 0 Å². The Morgan fingerprint density at radius 1 is 1.07 bits per heavy atom. The molecule has 0 radical (unpaired) electrons. The van der Waals surface area contributed by atoms with Gasteiger partial charge in [0.15, 0.2) is 11.6 Å². The lowest BCUT2D eigenvalue weighted by atomic mass is 9.90. The Morgan fingerprint density at radius 2 is 1.89 bits per heavy atom. The molecule has 1 saturated heterocycles. The predicted octanol–water partition coefficient (Wildman–Crippen LogP) is 5.01. The number of aromatic nitrogens is 2. The summed E-state index contributed by atoms with van der Waals surface area (Å²) in [5.74, 6) is -3.21. The third-order valence-electron chi connectivity index (χ3n) is 5.24. The van der Waals surface area contributed by atoms with Gasteiger partial charge in [-0.05, 0) is 49.2 Å². The molecule has 3 nitrogen and oxygen atoms in total. The van der Waals surface area contributed by atoms with E-state index >= 15 is 0 Å². The number of halogens is 4. The Morgan fingerprint density at radius 3 is 2.71 bits per heavy atom. The Hall–Kier alpha value is -2.67. The van der Waals surface area contributed by atoms with Crippen LogP contribution in [-0.4, -0.2) is 28.2 Å². The molecule has 4 rings (SSSR count). The maximum Gasteiger partial charge on any atom is 0.166 e. The molecule has 3 aromatic rings. The van der Waals surface area contributed by atoms with Gasteiger partial charge in [-0.1, -0.05) is 12.1 Å². The Kier molecular flexibility index (Phi) is 5.17. The van der Waals surface area contributed by atoms with Crippen molar-refractivity contribution in [1.29, 1.82) is 0 Å². The number of H-pyrrole nitrogens is 1. The van der Waals surface area contributed by atoms with E-state index in [1.54, 1.807) is 12.3 Å². The topological polar surface area (TPSA) is 31.9 Å². The van der Waals surface area contributed by atoms with Crippen LogP contribution in [0.4, 0.5) is 17.6 Å². The number of benzene rings is 2. The fourth-order valence-electron chi connectivity index (χ4n) is 3.87. The molecule has 1 fully saturated rings. The lowest BCUT2D eigenvalue weighted by Gasteiger charge is -2.32. The van der Waals surface area contributed by atoms with Crippen LogP contribution in [0.2, 0.25) is 0 Å². The van der Waals surface area contributed by atoms with Crippen LogP contribution >= 0.6 is 0 Å². The molecule has 28 heavy (non-hydrogen) atoms. The average molecular weight is 389 g/mol. The highest BCUT2D eigenvalue weighted by atomic mass is 19.2. The van der Waals surface area contributed by atoms with Crippen LogP contribution in [0.25, 0.3) is 11.1 Å². The van der Waals surface area contributed by atoms with Crippen LogP contribution in [0.15, 0.2) is 42.6 Å². The maximum atomic E-state index is 14.0. The van der Waals surface area contributed by atoms with Gasteiger partial charge >= 0.3 is 0 Å². The van der Waals surface area contributed by atoms with Gasteiger partial charge in [-0.3, -0.25) is 10.00 Å². The lowest BCUT2D eigenvalue weighted by Crippen LogP contribution is -2.34. The van der Waals surface area contributed by atoms with E-state index in [4.69, 9.17) is 0 Å². The van der Waals surface area contributed by atoms with Crippen LogP contribution in [0.3, 0.4) is 0 Å². The summed E-state index contributed by atoms with van der Waals surface area (Å²) in [5, 5.41) is 7.12. The number of aromatic amines is 1. The Labute approximate surface area is 160 Å². The second-order valence-corrected chi connectivity index (χ2v) is 7.10. The fourth-order valence-corrected chi connectivity index (χ4v) is 3.87. The first-order valence-electron chi connectivity index (χ1n) is 9.17. The van der Waals surface area contributed by atoms with E-state index in [-0.39, 0.29) is 23.8 Å². The van der Waals surface area contributed by atoms with Gasteiger partial charge in [0.05, 0.1) is 6.20 Å². The van der Waals surface area contributed by atoms with Gasteiger partial charge in [0.25, 0.3) is 0 Å². The molecule has 7 heteroatoms. The third kappa shape index (κ3) is 3.67. The number of piperidine rings is 1. The van der Waals surface area contributed by atoms with E-state index in [9.17, 15) is 17.6 Å². The fraction of sp³-hybridized carbons (Fsp3) is 0.286. The van der Waals surface area contributed by atoms with Crippen molar-refractivity contribution in [3.63, 3.8) is 0 Å². The zero-order chi connectivity index (χ0) is 19.7. The largest absolute Gasteiger partial charge is 0.298 e. The lowest BCUT2D eigenvalue weighted by molar-refractivity contribution is 0.193. The first-order valence-corrected chi connectivity index (χ1v) is 9.17. The van der Waals surface area contributed by atoms with Gasteiger partial charge in [-0.2, -0.15) is 5.10 Å². The van der Waals surface area contributed by atoms with Crippen molar-refractivity contribution in [2.75, 3.05) is 13.1 Å². The molecule has 1 aromatic heterocycles. The molecule has 0 aliphatic carbocycles. The van der Waals surface area contributed by atoms with Gasteiger partial charge in [-0.15, -0.1) is 0 Å². The van der Waals surface area contributed by atoms with Crippen molar-refractivity contribution in [3.05, 3.63) is 77.1 Å². The molecule has 0 spiro atoms. The highest BCUT2D eigenvalue weighted by Gasteiger charge is 2.27. The molecule has 1 atom stereocenters. The zero-order valence-corrected chi connectivity index (χ0v) is 15.1. The van der Waals surface area contributed by atoms with E-state index in [1.807, 2.05) is 11.0 Å². The number of hydrogen-bond acceptors (Lipinski definition) is 2. The highest BCUT2D eigenvalue weighted by molar-refractivity contribution is 5.65. The molecule has 0 saturated carbocycles. The molecule has 2 aromatic carbocycles. The number of nitrogens with one attached hydrogen (secondary N) is 1. The van der Waals surface area contributed by atoms with E-state index in [0.717, 1.165) is 41.8 Å². The predicted molar refractivity (Wildman–Crippen MR) is 97.5 cm³/mol. The molecule has 1 aliphatic rings. The summed E-state index contributed by atoms with van der Waals surface area (Å²) in [4.78, 5) is 1.91. The van der Waals surface area contributed by atoms with Crippen LogP contribution in [0.5, 0.6) is 0 Å². The van der Waals surface area contributed by atoms with Crippen molar-refractivity contribution in [2.45, 2.75) is 25.3 Å². The summed E-state index contributed by atoms with van der Waals surface area (Å²) in [5.41, 5.74) is 2.16. The molecule has 0 amide bonds. The first kappa shape index (κ1) is 18.7. The number of hydrogen-bond donors (Lipinski definition) is 1. The van der Waals surface area contributed by atoms with Gasteiger partial charge in [0, 0.05) is 35.8 Å². The van der Waals surface area contributed by atoms with Gasteiger partial charge in [0.1, 0.15) is 11.6 Å². The normalized spacial score (nSPS) is 17.8. The second-order valence-electron chi connectivity index (χ2n) is 7.10. The van der Waals surface area contributed by atoms with Crippen molar-refractivity contribution in [2.24, 2.45) is 0 Å². The Bertz CT molecular complexity index is 986. The quantitative estimate of drug-likeness (QED) is 0.502. The summed E-state index contributed by atoms with van der Waals surface area (Å²) >= 11 is 0. The second kappa shape index (κ2) is 7.75. The third-order valence-corrected chi connectivity index (χ3v) is 5.24. The van der Waals surface area contributed by atoms with Crippen molar-refractivity contribution in [3.8, 4) is 11.1 Å². The molecule has 0 bridgehead atoms. The molecular formula is C21H19F4N3. The van der Waals surface area contributed by atoms with E-state index < -0.39 is 17.5 Å². The van der Waals surface area contributed by atoms with Crippen molar-refractivity contribution >= 4 is 0 Å². The molecule has 1 N–H and O–H groups in total. The van der Waals surface area contributed by atoms with Crippen LogP contribution in [-0.2, 0) is 6.54 Å². The molecule has 2 heterocycles. The molecule has 1 unspecified atom stereocenters. The summed E-state index contributed by atoms with van der Waals surface area (Å²) in [6.45, 7) is 1.20. The minimum Gasteiger partial charge on any atom is -0.298 e. The summed E-state index contributed by atoms with van der Waals surface area (Å²) < 4.78 is 55.1. The highest BCUT2D eigenvalue weighted by Crippen LogP contribution is 2.34.